The van der Waals surface area contributed by atoms with Gasteiger partial charge in [0.2, 0.25) is 0 Å². The van der Waals surface area contributed by atoms with Crippen molar-refractivity contribution in [2.75, 3.05) is 5.32 Å². The van der Waals surface area contributed by atoms with E-state index in [4.69, 9.17) is 0 Å². The highest BCUT2D eigenvalue weighted by molar-refractivity contribution is 5.47. The summed E-state index contributed by atoms with van der Waals surface area (Å²) in [7, 11) is 0. The standard InChI is InChI=1S/C17H22FN/c1-10-2-15(18)9-16(3-10)19-17-13-5-11-4-12(7-13)8-14(17)6-11/h2-3,9,11-14,17,19H,4-8H2,1H3. The number of anilines is 1. The number of benzene rings is 1. The maximum absolute atomic E-state index is 13.5. The highest BCUT2D eigenvalue weighted by atomic mass is 19.1. The monoisotopic (exact) mass is 259 g/mol. The van der Waals surface area contributed by atoms with Crippen LogP contribution in [0.15, 0.2) is 18.2 Å². The van der Waals surface area contributed by atoms with Crippen molar-refractivity contribution in [3.63, 3.8) is 0 Å². The van der Waals surface area contributed by atoms with Crippen molar-refractivity contribution in [3.8, 4) is 0 Å². The van der Waals surface area contributed by atoms with Crippen molar-refractivity contribution >= 4 is 5.69 Å². The predicted octanol–water partition coefficient (Wildman–Crippen LogP) is 4.37. The van der Waals surface area contributed by atoms with E-state index in [0.29, 0.717) is 6.04 Å². The maximum Gasteiger partial charge on any atom is 0.125 e. The van der Waals surface area contributed by atoms with Crippen LogP contribution in [0.4, 0.5) is 10.1 Å². The van der Waals surface area contributed by atoms with Crippen LogP contribution in [0.1, 0.15) is 37.7 Å². The molecule has 0 spiro atoms. The molecule has 1 N–H and O–H groups in total. The van der Waals surface area contributed by atoms with Gasteiger partial charge >= 0.3 is 0 Å². The summed E-state index contributed by atoms with van der Waals surface area (Å²) < 4.78 is 13.5. The molecule has 0 atom stereocenters. The maximum atomic E-state index is 13.5. The Hall–Kier alpha value is -1.05. The first-order valence-electron chi connectivity index (χ1n) is 7.71. The Morgan fingerprint density at radius 1 is 0.947 bits per heavy atom. The van der Waals surface area contributed by atoms with Crippen LogP contribution >= 0.6 is 0 Å². The summed E-state index contributed by atoms with van der Waals surface area (Å²) in [6, 6.07) is 5.92. The molecule has 4 saturated carbocycles. The van der Waals surface area contributed by atoms with E-state index in [9.17, 15) is 4.39 Å². The van der Waals surface area contributed by atoms with Crippen molar-refractivity contribution in [1.29, 1.82) is 0 Å². The van der Waals surface area contributed by atoms with E-state index in [-0.39, 0.29) is 5.82 Å². The van der Waals surface area contributed by atoms with Crippen molar-refractivity contribution < 1.29 is 4.39 Å². The van der Waals surface area contributed by atoms with Crippen LogP contribution < -0.4 is 5.32 Å². The molecule has 0 aromatic heterocycles. The molecule has 2 heteroatoms. The number of hydrogen-bond acceptors (Lipinski definition) is 1. The number of halogens is 1. The highest BCUT2D eigenvalue weighted by Crippen LogP contribution is 2.54. The Labute approximate surface area is 114 Å². The number of hydrogen-bond donors (Lipinski definition) is 1. The molecule has 1 aromatic carbocycles. The average molecular weight is 259 g/mol. The number of aryl methyl sites for hydroxylation is 1. The Kier molecular flexibility index (Phi) is 2.61. The molecule has 0 amide bonds. The highest BCUT2D eigenvalue weighted by Gasteiger charge is 2.48. The smallest absolute Gasteiger partial charge is 0.125 e. The van der Waals surface area contributed by atoms with Gasteiger partial charge in [0.15, 0.2) is 0 Å². The molecule has 102 valence electrons. The molecular weight excluding hydrogens is 237 g/mol. The van der Waals surface area contributed by atoms with Crippen molar-refractivity contribution in [1.82, 2.24) is 0 Å². The topological polar surface area (TPSA) is 12.0 Å². The lowest BCUT2D eigenvalue weighted by atomic mass is 9.54. The Bertz CT molecular complexity index is 448. The summed E-state index contributed by atoms with van der Waals surface area (Å²) in [6.45, 7) is 1.96. The van der Waals surface area contributed by atoms with E-state index in [2.05, 4.69) is 11.4 Å². The summed E-state index contributed by atoms with van der Waals surface area (Å²) >= 11 is 0. The SMILES string of the molecule is Cc1cc(F)cc(NC2C3CC4CC(C3)CC2C4)c1. The zero-order chi connectivity index (χ0) is 13.0. The molecular formula is C17H22FN. The average Bonchev–Trinajstić information content (AvgIpc) is 2.31. The van der Waals surface area contributed by atoms with Crippen LogP contribution in [0.3, 0.4) is 0 Å². The molecule has 4 fully saturated rings. The normalized spacial score (nSPS) is 39.6. The third-order valence-corrected chi connectivity index (χ3v) is 5.60. The fraction of sp³-hybridized carbons (Fsp3) is 0.647. The van der Waals surface area contributed by atoms with Crippen LogP contribution in [-0.4, -0.2) is 6.04 Å². The van der Waals surface area contributed by atoms with Gasteiger partial charge in [0.1, 0.15) is 5.82 Å². The molecule has 0 heterocycles. The minimum Gasteiger partial charge on any atom is -0.382 e. The summed E-state index contributed by atoms with van der Waals surface area (Å²) in [6.07, 6.45) is 7.09. The van der Waals surface area contributed by atoms with Gasteiger partial charge in [-0.2, -0.15) is 0 Å². The molecule has 0 unspecified atom stereocenters. The summed E-state index contributed by atoms with van der Waals surface area (Å²) in [5.41, 5.74) is 1.99. The Morgan fingerprint density at radius 2 is 1.58 bits per heavy atom. The first-order chi connectivity index (χ1) is 9.17. The fourth-order valence-corrected chi connectivity index (χ4v) is 5.17. The van der Waals surface area contributed by atoms with Crippen LogP contribution in [0, 0.1) is 36.4 Å². The van der Waals surface area contributed by atoms with Gasteiger partial charge in [-0.3, -0.25) is 0 Å². The molecule has 0 saturated heterocycles. The van der Waals surface area contributed by atoms with Crippen molar-refractivity contribution in [3.05, 3.63) is 29.6 Å². The van der Waals surface area contributed by atoms with E-state index < -0.39 is 0 Å². The van der Waals surface area contributed by atoms with Crippen molar-refractivity contribution in [2.24, 2.45) is 23.7 Å². The van der Waals surface area contributed by atoms with Gasteiger partial charge < -0.3 is 5.32 Å². The quantitative estimate of drug-likeness (QED) is 0.831. The van der Waals surface area contributed by atoms with Crippen LogP contribution in [0.5, 0.6) is 0 Å². The van der Waals surface area contributed by atoms with Crippen LogP contribution in [-0.2, 0) is 0 Å². The minimum absolute atomic E-state index is 0.119. The Balaban J connectivity index is 1.56. The second kappa shape index (κ2) is 4.22. The van der Waals surface area contributed by atoms with Gasteiger partial charge in [-0.15, -0.1) is 0 Å². The summed E-state index contributed by atoms with van der Waals surface area (Å²) in [4.78, 5) is 0. The number of rotatable bonds is 2. The van der Waals surface area contributed by atoms with E-state index in [1.165, 1.54) is 32.1 Å². The molecule has 0 radical (unpaired) electrons. The van der Waals surface area contributed by atoms with E-state index in [0.717, 1.165) is 34.9 Å². The second-order valence-electron chi connectivity index (χ2n) is 7.12. The number of nitrogens with one attached hydrogen (secondary N) is 1. The largest absolute Gasteiger partial charge is 0.382 e. The lowest BCUT2D eigenvalue weighted by Crippen LogP contribution is -2.51. The second-order valence-corrected chi connectivity index (χ2v) is 7.12. The molecule has 4 aliphatic carbocycles. The van der Waals surface area contributed by atoms with Gasteiger partial charge in [-0.1, -0.05) is 0 Å². The van der Waals surface area contributed by atoms with E-state index in [1.54, 1.807) is 12.1 Å². The molecule has 1 aromatic rings. The summed E-state index contributed by atoms with van der Waals surface area (Å²) in [5.74, 6) is 3.54. The van der Waals surface area contributed by atoms with Gasteiger partial charge in [-0.25, -0.2) is 4.39 Å². The minimum atomic E-state index is -0.119. The molecule has 4 aliphatic rings. The van der Waals surface area contributed by atoms with Crippen molar-refractivity contribution in [2.45, 2.75) is 45.1 Å². The molecule has 19 heavy (non-hydrogen) atoms. The lowest BCUT2D eigenvalue weighted by molar-refractivity contribution is 0.00753. The van der Waals surface area contributed by atoms with Gasteiger partial charge in [0.25, 0.3) is 0 Å². The van der Waals surface area contributed by atoms with Crippen LogP contribution in [0.25, 0.3) is 0 Å². The van der Waals surface area contributed by atoms with Crippen LogP contribution in [0.2, 0.25) is 0 Å². The lowest BCUT2D eigenvalue weighted by Gasteiger charge is -2.54. The molecule has 4 bridgehead atoms. The summed E-state index contributed by atoms with van der Waals surface area (Å²) in [5, 5.41) is 3.67. The van der Waals surface area contributed by atoms with Gasteiger partial charge in [0.05, 0.1) is 0 Å². The third-order valence-electron chi connectivity index (χ3n) is 5.60. The zero-order valence-corrected chi connectivity index (χ0v) is 11.5. The first-order valence-corrected chi connectivity index (χ1v) is 7.71. The zero-order valence-electron chi connectivity index (χ0n) is 11.5. The van der Waals surface area contributed by atoms with Gasteiger partial charge in [0, 0.05) is 11.7 Å². The van der Waals surface area contributed by atoms with E-state index >= 15 is 0 Å². The molecule has 1 nitrogen and oxygen atoms in total. The fourth-order valence-electron chi connectivity index (χ4n) is 5.17. The van der Waals surface area contributed by atoms with Gasteiger partial charge in [-0.05, 0) is 86.5 Å². The molecule has 5 rings (SSSR count). The predicted molar refractivity (Wildman–Crippen MR) is 75.6 cm³/mol. The van der Waals surface area contributed by atoms with E-state index in [1.807, 2.05) is 6.92 Å². The third kappa shape index (κ3) is 2.05. The first kappa shape index (κ1) is 11.7. The Morgan fingerprint density at radius 3 is 2.16 bits per heavy atom. The molecule has 0 aliphatic heterocycles.